The van der Waals surface area contributed by atoms with Gasteiger partial charge < -0.3 is 5.32 Å². The number of pyridine rings is 1. The second-order valence-electron chi connectivity index (χ2n) is 5.45. The Morgan fingerprint density at radius 3 is 2.28 bits per heavy atom. The van der Waals surface area contributed by atoms with E-state index in [9.17, 15) is 14.9 Å². The van der Waals surface area contributed by atoms with Crippen LogP contribution in [-0.2, 0) is 0 Å². The van der Waals surface area contributed by atoms with Gasteiger partial charge >= 0.3 is 0 Å². The second-order valence-corrected chi connectivity index (χ2v) is 5.45. The van der Waals surface area contributed by atoms with Crippen LogP contribution in [-0.4, -0.2) is 15.8 Å². The van der Waals surface area contributed by atoms with Gasteiger partial charge in [0.25, 0.3) is 11.6 Å². The van der Waals surface area contributed by atoms with Gasteiger partial charge in [0.2, 0.25) is 0 Å². The average molecular weight is 333 g/mol. The molecule has 6 heteroatoms. The molecule has 1 heterocycles. The summed E-state index contributed by atoms with van der Waals surface area (Å²) >= 11 is 0. The van der Waals surface area contributed by atoms with E-state index in [0.717, 1.165) is 5.56 Å². The molecule has 0 spiro atoms. The zero-order valence-electron chi connectivity index (χ0n) is 13.5. The number of non-ortho nitro benzene ring substituents is 1. The van der Waals surface area contributed by atoms with Gasteiger partial charge in [-0.05, 0) is 43.3 Å². The maximum Gasteiger partial charge on any atom is 0.269 e. The molecule has 1 N–H and O–H groups in total. The van der Waals surface area contributed by atoms with E-state index >= 15 is 0 Å². The van der Waals surface area contributed by atoms with Gasteiger partial charge in [0.1, 0.15) is 0 Å². The standard InChI is InChI=1S/C19H15N3O3/c1-13-17(19(23)21-15-5-3-2-4-6-15)11-12-18(20-13)14-7-9-16(10-8-14)22(24)25/h2-12H,1H3,(H,21,23). The Balaban J connectivity index is 1.83. The van der Waals surface area contributed by atoms with Crippen LogP contribution in [0.3, 0.4) is 0 Å². The van der Waals surface area contributed by atoms with Gasteiger partial charge in [-0.3, -0.25) is 19.9 Å². The molecule has 2 aromatic carbocycles. The molecule has 1 amide bonds. The van der Waals surface area contributed by atoms with Crippen LogP contribution in [0.25, 0.3) is 11.3 Å². The Hall–Kier alpha value is -3.54. The lowest BCUT2D eigenvalue weighted by Crippen LogP contribution is -2.14. The lowest BCUT2D eigenvalue weighted by atomic mass is 10.1. The topological polar surface area (TPSA) is 85.1 Å². The number of nitro groups is 1. The number of nitrogens with zero attached hydrogens (tertiary/aromatic N) is 2. The second kappa shape index (κ2) is 6.92. The smallest absolute Gasteiger partial charge is 0.269 e. The summed E-state index contributed by atoms with van der Waals surface area (Å²) in [6.45, 7) is 1.76. The minimum Gasteiger partial charge on any atom is -0.322 e. The largest absolute Gasteiger partial charge is 0.322 e. The average Bonchev–Trinajstić information content (AvgIpc) is 2.62. The van der Waals surface area contributed by atoms with Crippen molar-refractivity contribution < 1.29 is 9.72 Å². The highest BCUT2D eigenvalue weighted by Crippen LogP contribution is 2.22. The van der Waals surface area contributed by atoms with E-state index in [1.165, 1.54) is 12.1 Å². The summed E-state index contributed by atoms with van der Waals surface area (Å²) in [4.78, 5) is 27.1. The quantitative estimate of drug-likeness (QED) is 0.572. The molecule has 0 unspecified atom stereocenters. The summed E-state index contributed by atoms with van der Waals surface area (Å²) in [6.07, 6.45) is 0. The molecule has 124 valence electrons. The van der Waals surface area contributed by atoms with E-state index in [2.05, 4.69) is 10.3 Å². The zero-order valence-corrected chi connectivity index (χ0v) is 13.5. The summed E-state index contributed by atoms with van der Waals surface area (Å²) in [7, 11) is 0. The number of aryl methyl sites for hydroxylation is 1. The van der Waals surface area contributed by atoms with Crippen molar-refractivity contribution >= 4 is 17.3 Å². The van der Waals surface area contributed by atoms with Crippen molar-refractivity contribution in [3.63, 3.8) is 0 Å². The summed E-state index contributed by atoms with van der Waals surface area (Å²) in [5.74, 6) is -0.230. The molecule has 6 nitrogen and oxygen atoms in total. The minimum absolute atomic E-state index is 0.0272. The number of rotatable bonds is 4. The predicted octanol–water partition coefficient (Wildman–Crippen LogP) is 4.22. The highest BCUT2D eigenvalue weighted by molar-refractivity contribution is 6.05. The SMILES string of the molecule is Cc1nc(-c2ccc([N+](=O)[O-])cc2)ccc1C(=O)Nc1ccccc1. The number of amides is 1. The van der Waals surface area contributed by atoms with Crippen molar-refractivity contribution in [2.75, 3.05) is 5.32 Å². The molecule has 3 rings (SSSR count). The molecule has 0 aliphatic rings. The lowest BCUT2D eigenvalue weighted by Gasteiger charge is -2.09. The molecule has 0 radical (unpaired) electrons. The summed E-state index contributed by atoms with van der Waals surface area (Å²) in [5.41, 5.74) is 3.22. The number of hydrogen-bond acceptors (Lipinski definition) is 4. The predicted molar refractivity (Wildman–Crippen MR) is 95.5 cm³/mol. The normalized spacial score (nSPS) is 10.3. The molecule has 0 bridgehead atoms. The van der Waals surface area contributed by atoms with E-state index in [1.54, 1.807) is 31.2 Å². The third kappa shape index (κ3) is 3.69. The highest BCUT2D eigenvalue weighted by Gasteiger charge is 2.12. The first-order chi connectivity index (χ1) is 12.0. The molecular formula is C19H15N3O3. The van der Waals surface area contributed by atoms with Gasteiger partial charge in [0.05, 0.1) is 21.9 Å². The van der Waals surface area contributed by atoms with E-state index in [-0.39, 0.29) is 11.6 Å². The minimum atomic E-state index is -0.445. The molecule has 0 aliphatic heterocycles. The van der Waals surface area contributed by atoms with Crippen LogP contribution in [0.5, 0.6) is 0 Å². The monoisotopic (exact) mass is 333 g/mol. The summed E-state index contributed by atoms with van der Waals surface area (Å²) < 4.78 is 0. The number of anilines is 1. The molecule has 0 aliphatic carbocycles. The lowest BCUT2D eigenvalue weighted by molar-refractivity contribution is -0.384. The molecule has 0 fully saturated rings. The summed E-state index contributed by atoms with van der Waals surface area (Å²) in [5, 5.41) is 13.5. The van der Waals surface area contributed by atoms with Gasteiger partial charge in [-0.2, -0.15) is 0 Å². The van der Waals surface area contributed by atoms with Crippen molar-refractivity contribution in [2.24, 2.45) is 0 Å². The van der Waals surface area contributed by atoms with Crippen LogP contribution in [0.15, 0.2) is 66.7 Å². The third-order valence-corrected chi connectivity index (χ3v) is 3.74. The number of carbonyl (C=O) groups excluding carboxylic acids is 1. The van der Waals surface area contributed by atoms with Crippen molar-refractivity contribution in [3.05, 3.63) is 88.1 Å². The maximum absolute atomic E-state index is 12.4. The molecule has 0 saturated carbocycles. The first-order valence-electron chi connectivity index (χ1n) is 7.63. The van der Waals surface area contributed by atoms with Crippen molar-refractivity contribution in [1.82, 2.24) is 4.98 Å². The number of nitro benzene ring substituents is 1. The number of benzene rings is 2. The Bertz CT molecular complexity index is 922. The van der Waals surface area contributed by atoms with Gasteiger partial charge in [-0.15, -0.1) is 0 Å². The van der Waals surface area contributed by atoms with Crippen LogP contribution < -0.4 is 5.32 Å². The van der Waals surface area contributed by atoms with E-state index in [1.807, 2.05) is 30.3 Å². The van der Waals surface area contributed by atoms with Crippen molar-refractivity contribution in [1.29, 1.82) is 0 Å². The molecule has 3 aromatic rings. The third-order valence-electron chi connectivity index (χ3n) is 3.74. The van der Waals surface area contributed by atoms with Gasteiger partial charge in [0, 0.05) is 23.4 Å². The van der Waals surface area contributed by atoms with Crippen LogP contribution in [0.2, 0.25) is 0 Å². The maximum atomic E-state index is 12.4. The Labute approximate surface area is 144 Å². The number of para-hydroxylation sites is 1. The Kier molecular flexibility index (Phi) is 4.52. The zero-order chi connectivity index (χ0) is 17.8. The fraction of sp³-hybridized carbons (Fsp3) is 0.0526. The fourth-order valence-corrected chi connectivity index (χ4v) is 2.44. The molecule has 0 atom stereocenters. The number of carbonyl (C=O) groups is 1. The Morgan fingerprint density at radius 1 is 1.00 bits per heavy atom. The molecule has 25 heavy (non-hydrogen) atoms. The van der Waals surface area contributed by atoms with Gasteiger partial charge in [-0.1, -0.05) is 18.2 Å². The first kappa shape index (κ1) is 16.3. The van der Waals surface area contributed by atoms with Gasteiger partial charge in [0.15, 0.2) is 0 Å². The highest BCUT2D eigenvalue weighted by atomic mass is 16.6. The van der Waals surface area contributed by atoms with E-state index < -0.39 is 4.92 Å². The van der Waals surface area contributed by atoms with Gasteiger partial charge in [-0.25, -0.2) is 0 Å². The van der Waals surface area contributed by atoms with Crippen LogP contribution >= 0.6 is 0 Å². The summed E-state index contributed by atoms with van der Waals surface area (Å²) in [6, 6.07) is 18.8. The molecular weight excluding hydrogens is 318 g/mol. The van der Waals surface area contributed by atoms with Crippen LogP contribution in [0, 0.1) is 17.0 Å². The Morgan fingerprint density at radius 2 is 1.68 bits per heavy atom. The number of aromatic nitrogens is 1. The van der Waals surface area contributed by atoms with Crippen LogP contribution in [0.1, 0.15) is 16.1 Å². The number of nitrogens with one attached hydrogen (secondary N) is 1. The van der Waals surface area contributed by atoms with Crippen molar-refractivity contribution in [3.8, 4) is 11.3 Å². The van der Waals surface area contributed by atoms with E-state index in [0.29, 0.717) is 22.6 Å². The number of hydrogen-bond donors (Lipinski definition) is 1. The first-order valence-corrected chi connectivity index (χ1v) is 7.63. The van der Waals surface area contributed by atoms with Crippen LogP contribution in [0.4, 0.5) is 11.4 Å². The molecule has 1 aromatic heterocycles. The fourth-order valence-electron chi connectivity index (χ4n) is 2.44. The van der Waals surface area contributed by atoms with E-state index in [4.69, 9.17) is 0 Å². The molecule has 0 saturated heterocycles. The van der Waals surface area contributed by atoms with Crippen molar-refractivity contribution in [2.45, 2.75) is 6.92 Å².